The molecule has 3 aromatic rings. The Morgan fingerprint density at radius 1 is 0.812 bits per heavy atom. The van der Waals surface area contributed by atoms with Gasteiger partial charge in [0.25, 0.3) is 5.01 Å². The molecule has 0 N–H and O–H groups in total. The topological polar surface area (TPSA) is 7.12 Å². The van der Waals surface area contributed by atoms with E-state index in [0.717, 1.165) is 34.1 Å². The lowest BCUT2D eigenvalue weighted by Crippen LogP contribution is -2.29. The maximum atomic E-state index is 3.94. The van der Waals surface area contributed by atoms with E-state index in [4.69, 9.17) is 0 Å². The molecule has 3 aliphatic rings. The maximum absolute atomic E-state index is 3.94. The molecule has 240 valence electrons. The van der Waals surface area contributed by atoms with Crippen LogP contribution in [0.25, 0.3) is 16.3 Å². The fourth-order valence-corrected chi connectivity index (χ4v) is 11.1. The summed E-state index contributed by atoms with van der Waals surface area (Å²) in [7, 11) is 0. The van der Waals surface area contributed by atoms with Crippen LogP contribution in [0.15, 0.2) is 137 Å². The minimum Gasteiger partial charge on any atom is -0.262 e. The molecule has 48 heavy (non-hydrogen) atoms. The smallest absolute Gasteiger partial charge is 0.262 e. The Bertz CT molecular complexity index is 2090. The number of rotatable bonds is 10. The van der Waals surface area contributed by atoms with E-state index in [1.54, 1.807) is 70.1 Å². The number of hydrogen-bond acceptors (Lipinski definition) is 7. The van der Waals surface area contributed by atoms with Crippen molar-refractivity contribution in [2.75, 3.05) is 4.90 Å². The lowest BCUT2D eigenvalue weighted by atomic mass is 9.77. The SMILES string of the molecule is C=CSc1cc2c(cc1SC=C)N(C#CC)C(=CC1=CC3=CC(=Cc4sc5cc(SC=C)c(SC=C)cc5[n+]4C#CC)CCC3CC1)S2. The highest BCUT2D eigenvalue weighted by molar-refractivity contribution is 8.05. The first-order chi connectivity index (χ1) is 23.5. The van der Waals surface area contributed by atoms with Crippen LogP contribution in [0.2, 0.25) is 0 Å². The zero-order chi connectivity index (χ0) is 33.6. The lowest BCUT2D eigenvalue weighted by molar-refractivity contribution is -0.551. The van der Waals surface area contributed by atoms with Gasteiger partial charge in [0.15, 0.2) is 0 Å². The Morgan fingerprint density at radius 2 is 1.48 bits per heavy atom. The maximum Gasteiger partial charge on any atom is 0.278 e. The molecule has 1 atom stereocenters. The van der Waals surface area contributed by atoms with Gasteiger partial charge in [0.05, 0.1) is 10.7 Å². The molecule has 2 aliphatic carbocycles. The number of aromatic nitrogens is 1. The van der Waals surface area contributed by atoms with E-state index < -0.39 is 0 Å². The number of allylic oxidation sites excluding steroid dienone is 6. The molecule has 2 aromatic carbocycles. The second-order valence-electron chi connectivity index (χ2n) is 10.9. The van der Waals surface area contributed by atoms with Gasteiger partial charge in [0, 0.05) is 49.6 Å². The predicted molar refractivity (Wildman–Crippen MR) is 217 cm³/mol. The molecular formula is C40H35N2S6+. The molecule has 8 heteroatoms. The number of benzene rings is 2. The molecule has 0 saturated carbocycles. The number of thiazole rings is 1. The van der Waals surface area contributed by atoms with Crippen molar-refractivity contribution < 1.29 is 4.57 Å². The molecule has 2 nitrogen and oxygen atoms in total. The van der Waals surface area contributed by atoms with E-state index in [2.05, 4.69) is 108 Å². The number of thioether (sulfide) groups is 5. The Morgan fingerprint density at radius 3 is 2.17 bits per heavy atom. The quantitative estimate of drug-likeness (QED) is 0.115. The summed E-state index contributed by atoms with van der Waals surface area (Å²) in [6, 6.07) is 15.7. The van der Waals surface area contributed by atoms with E-state index in [1.165, 1.54) is 58.7 Å². The van der Waals surface area contributed by atoms with Crippen LogP contribution in [-0.4, -0.2) is 0 Å². The summed E-state index contributed by atoms with van der Waals surface area (Å²) >= 11 is 10.2. The fraction of sp³-hybridized carbons (Fsp3) is 0.175. The van der Waals surface area contributed by atoms with Gasteiger partial charge in [0.2, 0.25) is 11.6 Å². The molecule has 0 saturated heterocycles. The second kappa shape index (κ2) is 16.1. The average molecular weight is 736 g/mol. The minimum atomic E-state index is 0.600. The van der Waals surface area contributed by atoms with E-state index in [9.17, 15) is 0 Å². The van der Waals surface area contributed by atoms with E-state index in [-0.39, 0.29) is 0 Å². The molecule has 0 spiro atoms. The molecule has 2 heterocycles. The van der Waals surface area contributed by atoms with Gasteiger partial charge in [-0.15, -0.1) is 0 Å². The van der Waals surface area contributed by atoms with Crippen LogP contribution < -0.4 is 9.47 Å². The summed E-state index contributed by atoms with van der Waals surface area (Å²) in [5.74, 6) is 6.88. The molecule has 0 fully saturated rings. The second-order valence-corrected chi connectivity index (χ2v) is 17.1. The zero-order valence-corrected chi connectivity index (χ0v) is 31.9. The van der Waals surface area contributed by atoms with E-state index >= 15 is 0 Å². The monoisotopic (exact) mass is 735 g/mol. The Balaban J connectivity index is 1.34. The summed E-state index contributed by atoms with van der Waals surface area (Å²) in [5.41, 5.74) is 6.40. The zero-order valence-electron chi connectivity index (χ0n) is 27.0. The van der Waals surface area contributed by atoms with Gasteiger partial charge >= 0.3 is 0 Å². The van der Waals surface area contributed by atoms with Crippen molar-refractivity contribution >= 4 is 92.1 Å². The van der Waals surface area contributed by atoms with Gasteiger partial charge in [-0.1, -0.05) is 119 Å². The third-order valence-corrected chi connectivity index (χ3v) is 13.5. The highest BCUT2D eigenvalue weighted by Gasteiger charge is 2.29. The molecule has 1 aromatic heterocycles. The minimum absolute atomic E-state index is 0.600. The van der Waals surface area contributed by atoms with Crippen molar-refractivity contribution in [1.82, 2.24) is 0 Å². The predicted octanol–water partition coefficient (Wildman–Crippen LogP) is 12.8. The summed E-state index contributed by atoms with van der Waals surface area (Å²) in [6.07, 6.45) is 14.0. The molecule has 1 unspecified atom stereocenters. The molecule has 0 amide bonds. The standard InChI is InChI=1S/C40H35N2S6/c1-7-17-41-31-23-35(43-9-3)37(45-11-5)25-33(31)47-39(41)21-27-13-15-29-16-14-28(20-30(29)19-27)22-40-42(18-8-2)32-24-36(44-10-4)38(46-12-6)26-34(32)48-40/h9-12,19-26,29H,3-6,13-16H2,1-2H3/q+1. The normalized spacial score (nSPS) is 18.2. The summed E-state index contributed by atoms with van der Waals surface area (Å²) in [6.45, 7) is 19.6. The Labute approximate surface area is 310 Å². The van der Waals surface area contributed by atoms with Crippen LogP contribution in [0.3, 0.4) is 0 Å². The van der Waals surface area contributed by atoms with Gasteiger partial charge in [-0.3, -0.25) is 4.90 Å². The van der Waals surface area contributed by atoms with Crippen molar-refractivity contribution in [3.05, 3.63) is 117 Å². The van der Waals surface area contributed by atoms with Crippen LogP contribution in [0.5, 0.6) is 0 Å². The third kappa shape index (κ3) is 7.41. The molecule has 6 rings (SSSR count). The molecular weight excluding hydrogens is 701 g/mol. The number of anilines is 1. The first-order valence-corrected chi connectivity index (χ1v) is 20.6. The van der Waals surface area contributed by atoms with Gasteiger partial charge in [-0.2, -0.15) is 0 Å². The van der Waals surface area contributed by atoms with Crippen LogP contribution >= 0.6 is 70.1 Å². The fourth-order valence-electron chi connectivity index (χ4n) is 6.05. The van der Waals surface area contributed by atoms with Crippen LogP contribution in [0.1, 0.15) is 44.5 Å². The Hall–Kier alpha value is -3.08. The first-order valence-electron chi connectivity index (χ1n) is 15.5. The highest BCUT2D eigenvalue weighted by Crippen LogP contribution is 2.51. The van der Waals surface area contributed by atoms with Crippen LogP contribution in [-0.2, 0) is 0 Å². The highest BCUT2D eigenvalue weighted by atomic mass is 32.2. The van der Waals surface area contributed by atoms with Crippen LogP contribution in [0, 0.1) is 29.8 Å². The van der Waals surface area contributed by atoms with E-state index in [0.29, 0.717) is 5.92 Å². The van der Waals surface area contributed by atoms with E-state index in [1.807, 2.05) is 35.5 Å². The van der Waals surface area contributed by atoms with Gasteiger partial charge in [-0.05, 0) is 107 Å². The number of nitrogens with zero attached hydrogens (tertiary/aromatic N) is 2. The first kappa shape index (κ1) is 34.8. The van der Waals surface area contributed by atoms with Gasteiger partial charge in [-0.25, -0.2) is 0 Å². The van der Waals surface area contributed by atoms with Crippen molar-refractivity contribution in [2.24, 2.45) is 5.92 Å². The largest absolute Gasteiger partial charge is 0.278 e. The van der Waals surface area contributed by atoms with Crippen molar-refractivity contribution in [2.45, 2.75) is 64.0 Å². The lowest BCUT2D eigenvalue weighted by Gasteiger charge is -2.28. The summed E-state index contributed by atoms with van der Waals surface area (Å²) < 4.78 is 3.37. The molecule has 0 radical (unpaired) electrons. The molecule has 0 bridgehead atoms. The van der Waals surface area contributed by atoms with Crippen molar-refractivity contribution in [3.63, 3.8) is 0 Å². The third-order valence-electron chi connectivity index (χ3n) is 8.05. The number of fused-ring (bicyclic) bond motifs is 3. The Kier molecular flexibility index (Phi) is 11.7. The van der Waals surface area contributed by atoms with Crippen molar-refractivity contribution in [3.8, 4) is 23.9 Å². The average Bonchev–Trinajstić information content (AvgIpc) is 3.57. The van der Waals surface area contributed by atoms with Gasteiger partial charge in [0.1, 0.15) is 4.70 Å². The molecule has 1 aliphatic heterocycles. The summed E-state index contributed by atoms with van der Waals surface area (Å²) in [4.78, 5) is 8.08. The summed E-state index contributed by atoms with van der Waals surface area (Å²) in [5, 5.41) is 9.83. The van der Waals surface area contributed by atoms with Crippen molar-refractivity contribution in [1.29, 1.82) is 0 Å². The van der Waals surface area contributed by atoms with Gasteiger partial charge < -0.3 is 0 Å². The van der Waals surface area contributed by atoms with Crippen LogP contribution in [0.4, 0.5) is 5.69 Å². The number of hydrogen-bond donors (Lipinski definition) is 0.